The summed E-state index contributed by atoms with van der Waals surface area (Å²) >= 11 is 11.8. The van der Waals surface area contributed by atoms with Crippen molar-refractivity contribution in [1.29, 1.82) is 0 Å². The number of halogens is 2. The van der Waals surface area contributed by atoms with Crippen LogP contribution in [0.2, 0.25) is 10.0 Å². The van der Waals surface area contributed by atoms with E-state index in [2.05, 4.69) is 0 Å². The summed E-state index contributed by atoms with van der Waals surface area (Å²) in [5.74, 6) is 0.670. The molecule has 1 unspecified atom stereocenters. The number of hydrogen-bond acceptors (Lipinski definition) is 2. The van der Waals surface area contributed by atoms with E-state index in [0.29, 0.717) is 22.4 Å². The normalized spacial score (nSPS) is 12.2. The lowest BCUT2D eigenvalue weighted by Crippen LogP contribution is -2.00. The highest BCUT2D eigenvalue weighted by atomic mass is 35.5. The van der Waals surface area contributed by atoms with Gasteiger partial charge in [0.15, 0.2) is 0 Å². The quantitative estimate of drug-likeness (QED) is 0.891. The zero-order valence-corrected chi connectivity index (χ0v) is 11.9. The van der Waals surface area contributed by atoms with Crippen molar-refractivity contribution in [3.05, 3.63) is 63.6 Å². The Bertz CT molecular complexity index is 568. The monoisotopic (exact) mass is 296 g/mol. The van der Waals surface area contributed by atoms with Gasteiger partial charge in [0.25, 0.3) is 0 Å². The fourth-order valence-electron chi connectivity index (χ4n) is 1.75. The van der Waals surface area contributed by atoms with Gasteiger partial charge in [-0.25, -0.2) is 0 Å². The van der Waals surface area contributed by atoms with Gasteiger partial charge in [0.05, 0.1) is 16.1 Å². The average Bonchev–Trinajstić information content (AvgIpc) is 2.40. The third-order valence-electron chi connectivity index (χ3n) is 2.75. The van der Waals surface area contributed by atoms with E-state index in [-0.39, 0.29) is 0 Å². The SMILES string of the molecule is CC(O)c1ccccc1OCc1ccc(Cl)c(Cl)c1. The number of para-hydroxylation sites is 1. The van der Waals surface area contributed by atoms with Gasteiger partial charge >= 0.3 is 0 Å². The number of ether oxygens (including phenoxy) is 1. The molecule has 0 saturated carbocycles. The fraction of sp³-hybridized carbons (Fsp3) is 0.200. The summed E-state index contributed by atoms with van der Waals surface area (Å²) in [7, 11) is 0. The Morgan fingerprint density at radius 2 is 1.84 bits per heavy atom. The van der Waals surface area contributed by atoms with Gasteiger partial charge < -0.3 is 9.84 Å². The first-order valence-corrected chi connectivity index (χ1v) is 6.67. The van der Waals surface area contributed by atoms with Crippen LogP contribution in [-0.4, -0.2) is 5.11 Å². The maximum absolute atomic E-state index is 9.66. The molecule has 2 rings (SSSR count). The molecule has 2 aromatic rings. The standard InChI is InChI=1S/C15H14Cl2O2/c1-10(18)12-4-2-3-5-15(12)19-9-11-6-7-13(16)14(17)8-11/h2-8,10,18H,9H2,1H3. The van der Waals surface area contributed by atoms with Crippen LogP contribution in [-0.2, 0) is 6.61 Å². The molecule has 0 saturated heterocycles. The van der Waals surface area contributed by atoms with E-state index in [1.165, 1.54) is 0 Å². The summed E-state index contributed by atoms with van der Waals surface area (Å²) in [6.07, 6.45) is -0.565. The van der Waals surface area contributed by atoms with E-state index in [1.807, 2.05) is 30.3 Å². The van der Waals surface area contributed by atoms with Gasteiger partial charge in [-0.05, 0) is 30.7 Å². The van der Waals surface area contributed by atoms with E-state index in [9.17, 15) is 5.11 Å². The molecule has 0 amide bonds. The number of aliphatic hydroxyl groups excluding tert-OH is 1. The van der Waals surface area contributed by atoms with Crippen molar-refractivity contribution in [2.75, 3.05) is 0 Å². The summed E-state index contributed by atoms with van der Waals surface area (Å²) in [5, 5.41) is 10.7. The Labute approximate surface area is 122 Å². The third-order valence-corrected chi connectivity index (χ3v) is 3.49. The number of benzene rings is 2. The van der Waals surface area contributed by atoms with Gasteiger partial charge in [0.2, 0.25) is 0 Å². The molecule has 19 heavy (non-hydrogen) atoms. The molecule has 2 nitrogen and oxygen atoms in total. The molecular weight excluding hydrogens is 283 g/mol. The van der Waals surface area contributed by atoms with Gasteiger partial charge in [-0.2, -0.15) is 0 Å². The Balaban J connectivity index is 2.12. The van der Waals surface area contributed by atoms with E-state index < -0.39 is 6.10 Å². The minimum atomic E-state index is -0.565. The highest BCUT2D eigenvalue weighted by Crippen LogP contribution is 2.27. The van der Waals surface area contributed by atoms with Crippen molar-refractivity contribution >= 4 is 23.2 Å². The lowest BCUT2D eigenvalue weighted by molar-refractivity contribution is 0.190. The summed E-state index contributed by atoms with van der Waals surface area (Å²) in [6.45, 7) is 2.09. The van der Waals surface area contributed by atoms with Crippen LogP contribution >= 0.6 is 23.2 Å². The molecule has 0 aliphatic rings. The second-order valence-corrected chi connectivity index (χ2v) is 5.07. The molecule has 0 bridgehead atoms. The van der Waals surface area contributed by atoms with Gasteiger partial charge in [-0.1, -0.05) is 47.5 Å². The van der Waals surface area contributed by atoms with Crippen molar-refractivity contribution in [3.63, 3.8) is 0 Å². The second-order valence-electron chi connectivity index (χ2n) is 4.25. The first-order valence-electron chi connectivity index (χ1n) is 5.91. The highest BCUT2D eigenvalue weighted by Gasteiger charge is 2.08. The lowest BCUT2D eigenvalue weighted by atomic mass is 10.1. The summed E-state index contributed by atoms with van der Waals surface area (Å²) in [4.78, 5) is 0. The van der Waals surface area contributed by atoms with Gasteiger partial charge in [-0.3, -0.25) is 0 Å². The molecule has 1 N–H and O–H groups in total. The average molecular weight is 297 g/mol. The first-order chi connectivity index (χ1) is 9.08. The number of hydrogen-bond donors (Lipinski definition) is 1. The van der Waals surface area contributed by atoms with Crippen molar-refractivity contribution in [2.45, 2.75) is 19.6 Å². The molecule has 0 aliphatic heterocycles. The smallest absolute Gasteiger partial charge is 0.125 e. The second kappa shape index (κ2) is 6.29. The van der Waals surface area contributed by atoms with Crippen LogP contribution in [0.5, 0.6) is 5.75 Å². The Hall–Kier alpha value is -1.22. The maximum Gasteiger partial charge on any atom is 0.125 e. The van der Waals surface area contributed by atoms with E-state index in [4.69, 9.17) is 27.9 Å². The van der Waals surface area contributed by atoms with Crippen molar-refractivity contribution in [1.82, 2.24) is 0 Å². The van der Waals surface area contributed by atoms with E-state index >= 15 is 0 Å². The summed E-state index contributed by atoms with van der Waals surface area (Å²) in [5.41, 5.74) is 1.69. The largest absolute Gasteiger partial charge is 0.489 e. The predicted octanol–water partition coefficient (Wildman–Crippen LogP) is 4.63. The Kier molecular flexibility index (Phi) is 4.70. The summed E-state index contributed by atoms with van der Waals surface area (Å²) in [6, 6.07) is 12.8. The van der Waals surface area contributed by atoms with Crippen molar-refractivity contribution < 1.29 is 9.84 Å². The molecule has 100 valence electrons. The van der Waals surface area contributed by atoms with Crippen LogP contribution in [0.1, 0.15) is 24.2 Å². The predicted molar refractivity (Wildman–Crippen MR) is 77.9 cm³/mol. The molecule has 0 aromatic heterocycles. The van der Waals surface area contributed by atoms with Gasteiger partial charge in [0.1, 0.15) is 12.4 Å². The van der Waals surface area contributed by atoms with E-state index in [1.54, 1.807) is 19.1 Å². The molecule has 0 fully saturated rings. The number of rotatable bonds is 4. The fourth-order valence-corrected chi connectivity index (χ4v) is 2.07. The van der Waals surface area contributed by atoms with Gasteiger partial charge in [-0.15, -0.1) is 0 Å². The van der Waals surface area contributed by atoms with E-state index in [0.717, 1.165) is 11.1 Å². The Morgan fingerprint density at radius 1 is 1.11 bits per heavy atom. The minimum Gasteiger partial charge on any atom is -0.489 e. The number of aliphatic hydroxyl groups is 1. The molecule has 0 spiro atoms. The van der Waals surface area contributed by atoms with Crippen LogP contribution in [0.3, 0.4) is 0 Å². The molecule has 0 radical (unpaired) electrons. The molecule has 0 aliphatic carbocycles. The minimum absolute atomic E-state index is 0.376. The van der Waals surface area contributed by atoms with Crippen LogP contribution in [0.15, 0.2) is 42.5 Å². The molecule has 1 atom stereocenters. The molecule has 4 heteroatoms. The third kappa shape index (κ3) is 3.63. The molecular formula is C15H14Cl2O2. The molecule has 0 heterocycles. The van der Waals surface area contributed by atoms with Crippen LogP contribution in [0.25, 0.3) is 0 Å². The topological polar surface area (TPSA) is 29.5 Å². The van der Waals surface area contributed by atoms with Crippen molar-refractivity contribution in [2.24, 2.45) is 0 Å². The first kappa shape index (κ1) is 14.2. The zero-order chi connectivity index (χ0) is 13.8. The van der Waals surface area contributed by atoms with Gasteiger partial charge in [0, 0.05) is 5.56 Å². The zero-order valence-electron chi connectivity index (χ0n) is 10.4. The van der Waals surface area contributed by atoms with Crippen LogP contribution in [0.4, 0.5) is 0 Å². The highest BCUT2D eigenvalue weighted by molar-refractivity contribution is 6.42. The summed E-state index contributed by atoms with van der Waals surface area (Å²) < 4.78 is 5.72. The Morgan fingerprint density at radius 3 is 2.53 bits per heavy atom. The molecule has 2 aromatic carbocycles. The van der Waals surface area contributed by atoms with Crippen LogP contribution < -0.4 is 4.74 Å². The maximum atomic E-state index is 9.66. The van der Waals surface area contributed by atoms with Crippen molar-refractivity contribution in [3.8, 4) is 5.75 Å². The lowest BCUT2D eigenvalue weighted by Gasteiger charge is -2.13. The van der Waals surface area contributed by atoms with Crippen LogP contribution in [0, 0.1) is 0 Å².